The van der Waals surface area contributed by atoms with Crippen LogP contribution in [0.15, 0.2) is 46.8 Å². The van der Waals surface area contributed by atoms with Crippen LogP contribution in [-0.2, 0) is 4.79 Å². The number of aromatic nitrogens is 3. The van der Waals surface area contributed by atoms with Crippen LogP contribution < -0.4 is 10.5 Å². The van der Waals surface area contributed by atoms with Gasteiger partial charge in [-0.3, -0.25) is 9.59 Å². The molecule has 236 valence electrons. The van der Waals surface area contributed by atoms with Gasteiger partial charge < -0.3 is 19.7 Å². The van der Waals surface area contributed by atoms with E-state index in [4.69, 9.17) is 4.98 Å². The molecule has 1 aliphatic carbocycles. The summed E-state index contributed by atoms with van der Waals surface area (Å²) >= 11 is 0. The fourth-order valence-corrected chi connectivity index (χ4v) is 7.27. The number of aromatic amines is 1. The lowest BCUT2D eigenvalue weighted by Gasteiger charge is -2.39. The molecule has 1 aromatic carbocycles. The third-order valence-electron chi connectivity index (χ3n) is 9.93. The summed E-state index contributed by atoms with van der Waals surface area (Å²) in [6, 6.07) is 8.00. The first kappa shape index (κ1) is 30.6. The monoisotopic (exact) mass is 598 g/mol. The first-order chi connectivity index (χ1) is 21.2. The van der Waals surface area contributed by atoms with Crippen molar-refractivity contribution in [3.63, 3.8) is 0 Å². The number of fused-ring (bicyclic) bond motifs is 6. The second kappa shape index (κ2) is 12.5. The lowest BCUT2D eigenvalue weighted by atomic mass is 9.83. The summed E-state index contributed by atoms with van der Waals surface area (Å²) < 4.78 is 1.81. The minimum absolute atomic E-state index is 0.0733. The molecule has 1 N–H and O–H groups in total. The maximum atomic E-state index is 14.2. The quantitative estimate of drug-likeness (QED) is 0.276. The van der Waals surface area contributed by atoms with Crippen molar-refractivity contribution in [3.05, 3.63) is 52.3 Å². The average Bonchev–Trinajstić information content (AvgIpc) is 3.50. The lowest BCUT2D eigenvalue weighted by Crippen LogP contribution is -2.48. The van der Waals surface area contributed by atoms with Gasteiger partial charge in [-0.05, 0) is 82.6 Å². The van der Waals surface area contributed by atoms with E-state index >= 15 is 0 Å². The van der Waals surface area contributed by atoms with Gasteiger partial charge in [0.05, 0.1) is 11.2 Å². The number of likely N-dealkylation sites (tertiary alicyclic amines) is 1. The van der Waals surface area contributed by atoms with Crippen LogP contribution in [-0.4, -0.2) is 75.0 Å². The number of hydrogen-bond acceptors (Lipinski definition) is 5. The fraction of sp³-hybridized carbons (Fsp3) is 0.583. The zero-order valence-electron chi connectivity index (χ0n) is 27.4. The number of anilines is 1. The Bertz CT molecular complexity index is 1630. The summed E-state index contributed by atoms with van der Waals surface area (Å²) in [7, 11) is 0. The number of rotatable bonds is 11. The maximum Gasteiger partial charge on any atom is 0.283 e. The van der Waals surface area contributed by atoms with Crippen LogP contribution in [0.4, 0.5) is 5.95 Å². The molecular weight excluding hydrogens is 548 g/mol. The number of H-pyrrole nitrogens is 1. The zero-order chi connectivity index (χ0) is 31.0. The Labute approximate surface area is 261 Å². The normalized spacial score (nSPS) is 20.4. The van der Waals surface area contributed by atoms with Crippen LogP contribution in [0.2, 0.25) is 0 Å². The highest BCUT2D eigenvalue weighted by molar-refractivity contribution is 6.05. The molecule has 2 aliphatic heterocycles. The van der Waals surface area contributed by atoms with Crippen molar-refractivity contribution in [1.29, 1.82) is 0 Å². The second-order valence-corrected chi connectivity index (χ2v) is 14.2. The van der Waals surface area contributed by atoms with Crippen molar-refractivity contribution < 1.29 is 4.79 Å². The number of hydrogen-bond donors (Lipinski definition) is 1. The second-order valence-electron chi connectivity index (χ2n) is 14.2. The molecule has 0 bridgehead atoms. The highest BCUT2D eigenvalue weighted by atomic mass is 16.2. The molecule has 0 spiro atoms. The Morgan fingerprint density at radius 3 is 2.41 bits per heavy atom. The van der Waals surface area contributed by atoms with Gasteiger partial charge in [-0.2, -0.15) is 0 Å². The number of para-hydroxylation sites is 1. The van der Waals surface area contributed by atoms with E-state index in [1.807, 2.05) is 41.0 Å². The van der Waals surface area contributed by atoms with E-state index < -0.39 is 5.54 Å². The van der Waals surface area contributed by atoms with Crippen LogP contribution in [0.3, 0.4) is 0 Å². The molecule has 1 fully saturated rings. The molecule has 3 aromatic rings. The van der Waals surface area contributed by atoms with E-state index in [1.54, 1.807) is 0 Å². The van der Waals surface area contributed by atoms with Gasteiger partial charge in [0.2, 0.25) is 11.9 Å². The summed E-state index contributed by atoms with van der Waals surface area (Å²) in [4.78, 5) is 43.8. The van der Waals surface area contributed by atoms with Crippen molar-refractivity contribution >= 4 is 39.5 Å². The smallest absolute Gasteiger partial charge is 0.283 e. The molecule has 8 heteroatoms. The van der Waals surface area contributed by atoms with Crippen molar-refractivity contribution in [3.8, 4) is 0 Å². The SMILES string of the molecule is CC(C)CCN(CCC(C)C)C(=O)C1=CC=C2n3c(nc4c([nH]c5ccccc54)c3=O)N(CCCN3CCCCC3)C2(C)C1. The third kappa shape index (κ3) is 5.73. The van der Waals surface area contributed by atoms with Gasteiger partial charge in [-0.25, -0.2) is 9.55 Å². The standard InChI is InChI=1S/C36H50N6O2/c1-25(2)16-22-40(23-17-26(3)4)33(43)27-14-15-30-36(5,24-27)41(21-11-20-39-18-9-6-10-19-39)35-38-31-28-12-7-8-13-29(28)37-32(31)34(44)42(30)35/h7-8,12-15,25-26,37H,6,9-11,16-24H2,1-5H3. The molecule has 1 saturated heterocycles. The van der Waals surface area contributed by atoms with E-state index in [0.29, 0.717) is 29.7 Å². The molecule has 6 rings (SSSR count). The lowest BCUT2D eigenvalue weighted by molar-refractivity contribution is -0.127. The Kier molecular flexibility index (Phi) is 8.73. The van der Waals surface area contributed by atoms with Crippen molar-refractivity contribution in [2.45, 2.75) is 85.1 Å². The zero-order valence-corrected chi connectivity index (χ0v) is 27.4. The summed E-state index contributed by atoms with van der Waals surface area (Å²) in [5, 5.41) is 0.963. The summed E-state index contributed by atoms with van der Waals surface area (Å²) in [5.74, 6) is 1.89. The molecule has 1 unspecified atom stereocenters. The maximum absolute atomic E-state index is 14.2. The molecule has 1 amide bonds. The van der Waals surface area contributed by atoms with E-state index in [0.717, 1.165) is 86.2 Å². The van der Waals surface area contributed by atoms with E-state index in [1.165, 1.54) is 19.3 Å². The van der Waals surface area contributed by atoms with Gasteiger partial charge in [0.25, 0.3) is 5.56 Å². The number of allylic oxidation sites excluding steroid dienone is 2. The molecule has 2 aromatic heterocycles. The van der Waals surface area contributed by atoms with Crippen LogP contribution in [0, 0.1) is 11.8 Å². The van der Waals surface area contributed by atoms with Crippen LogP contribution in [0.25, 0.3) is 27.6 Å². The van der Waals surface area contributed by atoms with E-state index in [9.17, 15) is 9.59 Å². The van der Waals surface area contributed by atoms with Gasteiger partial charge >= 0.3 is 0 Å². The van der Waals surface area contributed by atoms with Gasteiger partial charge in [0.1, 0.15) is 11.0 Å². The van der Waals surface area contributed by atoms with Gasteiger partial charge in [0.15, 0.2) is 0 Å². The molecule has 0 saturated carbocycles. The number of nitrogens with one attached hydrogen (secondary N) is 1. The number of carbonyl (C=O) groups is 1. The Hall–Kier alpha value is -3.39. The highest BCUT2D eigenvalue weighted by Crippen LogP contribution is 2.46. The number of piperidine rings is 1. The van der Waals surface area contributed by atoms with Gasteiger partial charge in [0, 0.05) is 42.5 Å². The average molecular weight is 599 g/mol. The number of nitrogens with zero attached hydrogens (tertiary/aromatic N) is 5. The van der Waals surface area contributed by atoms with Crippen molar-refractivity contribution in [2.75, 3.05) is 44.2 Å². The molecule has 0 radical (unpaired) electrons. The first-order valence-electron chi connectivity index (χ1n) is 16.9. The molecule has 4 heterocycles. The molecule has 3 aliphatic rings. The predicted octanol–water partition coefficient (Wildman–Crippen LogP) is 6.42. The summed E-state index contributed by atoms with van der Waals surface area (Å²) in [5.41, 5.74) is 3.29. The number of amides is 1. The Morgan fingerprint density at radius 2 is 1.70 bits per heavy atom. The molecule has 8 nitrogen and oxygen atoms in total. The fourth-order valence-electron chi connectivity index (χ4n) is 7.27. The molecule has 1 atom stereocenters. The number of benzene rings is 1. The van der Waals surface area contributed by atoms with Crippen LogP contribution in [0.1, 0.15) is 79.6 Å². The van der Waals surface area contributed by atoms with Gasteiger partial charge in [-0.15, -0.1) is 0 Å². The summed E-state index contributed by atoms with van der Waals surface area (Å²) in [6.45, 7) is 16.7. The van der Waals surface area contributed by atoms with Crippen molar-refractivity contribution in [1.82, 2.24) is 24.3 Å². The van der Waals surface area contributed by atoms with Crippen LogP contribution in [0.5, 0.6) is 0 Å². The third-order valence-corrected chi connectivity index (χ3v) is 9.93. The first-order valence-corrected chi connectivity index (χ1v) is 16.9. The van der Waals surface area contributed by atoms with Gasteiger partial charge in [-0.1, -0.05) is 58.4 Å². The largest absolute Gasteiger partial charge is 0.349 e. The van der Waals surface area contributed by atoms with Crippen molar-refractivity contribution in [2.24, 2.45) is 11.8 Å². The highest BCUT2D eigenvalue weighted by Gasteiger charge is 2.49. The minimum atomic E-state index is -0.544. The predicted molar refractivity (Wildman–Crippen MR) is 181 cm³/mol. The van der Waals surface area contributed by atoms with E-state index in [2.05, 4.69) is 54.3 Å². The minimum Gasteiger partial charge on any atom is -0.349 e. The van der Waals surface area contributed by atoms with Crippen LogP contribution >= 0.6 is 0 Å². The topological polar surface area (TPSA) is 77.5 Å². The number of carbonyl (C=O) groups excluding carboxylic acids is 1. The molecular formula is C36H50N6O2. The summed E-state index contributed by atoms with van der Waals surface area (Å²) in [6.07, 6.45) is 11.4. The Morgan fingerprint density at radius 1 is 1.00 bits per heavy atom. The Balaban J connectivity index is 1.38. The van der Waals surface area contributed by atoms with E-state index in [-0.39, 0.29) is 11.5 Å². The molecule has 44 heavy (non-hydrogen) atoms.